The topological polar surface area (TPSA) is 101 Å². The van der Waals surface area contributed by atoms with Gasteiger partial charge in [0.05, 0.1) is 5.92 Å². The van der Waals surface area contributed by atoms with Crippen LogP contribution < -0.4 is 5.73 Å². The molecule has 0 aromatic heterocycles. The molecule has 3 N–H and O–H groups in total. The Balaban J connectivity index is 2.56. The lowest BCUT2D eigenvalue weighted by Crippen LogP contribution is -2.43. The van der Waals surface area contributed by atoms with Crippen LogP contribution in [0.15, 0.2) is 12.2 Å². The first-order valence-corrected chi connectivity index (χ1v) is 5.00. The number of primary amides is 1. The largest absolute Gasteiger partial charge is 0.478 e. The van der Waals surface area contributed by atoms with Crippen molar-refractivity contribution in [1.29, 1.82) is 0 Å². The zero-order chi connectivity index (χ0) is 12.1. The Morgan fingerprint density at radius 2 is 2.00 bits per heavy atom. The zero-order valence-electron chi connectivity index (χ0n) is 8.76. The van der Waals surface area contributed by atoms with Gasteiger partial charge in [0.2, 0.25) is 11.8 Å². The number of rotatable bonds is 3. The van der Waals surface area contributed by atoms with Crippen molar-refractivity contribution in [3.05, 3.63) is 12.2 Å². The highest BCUT2D eigenvalue weighted by atomic mass is 16.4. The second kappa shape index (κ2) is 5.29. The molecule has 1 heterocycles. The molecule has 0 aliphatic carbocycles. The molecule has 1 atom stereocenters. The average molecular weight is 226 g/mol. The molecule has 0 radical (unpaired) electrons. The van der Waals surface area contributed by atoms with Crippen LogP contribution in [0.1, 0.15) is 12.8 Å². The summed E-state index contributed by atoms with van der Waals surface area (Å²) in [5, 5.41) is 8.37. The number of carboxylic acid groups (broad SMARTS) is 1. The fraction of sp³-hybridized carbons (Fsp3) is 0.500. The van der Waals surface area contributed by atoms with Crippen LogP contribution in [-0.2, 0) is 14.4 Å². The Kier molecular flexibility index (Phi) is 4.04. The summed E-state index contributed by atoms with van der Waals surface area (Å²) in [6, 6.07) is 0. The van der Waals surface area contributed by atoms with Crippen LogP contribution >= 0.6 is 0 Å². The summed E-state index contributed by atoms with van der Waals surface area (Å²) >= 11 is 0. The number of carbonyl (C=O) groups is 3. The maximum atomic E-state index is 11.5. The van der Waals surface area contributed by atoms with E-state index in [9.17, 15) is 14.4 Å². The molecular formula is C10H14N2O4. The van der Waals surface area contributed by atoms with E-state index in [0.717, 1.165) is 12.2 Å². The fourth-order valence-electron chi connectivity index (χ4n) is 1.66. The van der Waals surface area contributed by atoms with E-state index in [-0.39, 0.29) is 12.5 Å². The number of carbonyl (C=O) groups excluding carboxylic acids is 2. The molecule has 1 rings (SSSR count). The summed E-state index contributed by atoms with van der Waals surface area (Å²) in [6.07, 6.45) is 3.17. The van der Waals surface area contributed by atoms with E-state index in [1.807, 2.05) is 0 Å². The van der Waals surface area contributed by atoms with Gasteiger partial charge >= 0.3 is 5.97 Å². The van der Waals surface area contributed by atoms with Crippen LogP contribution in [0.3, 0.4) is 0 Å². The second-order valence-electron chi connectivity index (χ2n) is 3.70. The predicted octanol–water partition coefficient (Wildman–Crippen LogP) is -0.649. The van der Waals surface area contributed by atoms with Crippen LogP contribution in [0.4, 0.5) is 0 Å². The highest BCUT2D eigenvalue weighted by Crippen LogP contribution is 2.16. The molecule has 1 saturated heterocycles. The lowest BCUT2D eigenvalue weighted by Gasteiger charge is -2.30. The van der Waals surface area contributed by atoms with E-state index < -0.39 is 17.8 Å². The van der Waals surface area contributed by atoms with Crippen molar-refractivity contribution in [3.8, 4) is 0 Å². The highest BCUT2D eigenvalue weighted by molar-refractivity contribution is 5.94. The third-order valence-corrected chi connectivity index (χ3v) is 2.50. The van der Waals surface area contributed by atoms with Gasteiger partial charge in [0.15, 0.2) is 0 Å². The molecule has 1 aliphatic rings. The Morgan fingerprint density at radius 1 is 1.31 bits per heavy atom. The molecule has 1 unspecified atom stereocenters. The van der Waals surface area contributed by atoms with Crippen LogP contribution in [0.2, 0.25) is 0 Å². The molecule has 0 bridgehead atoms. The summed E-state index contributed by atoms with van der Waals surface area (Å²) in [5.74, 6) is -2.30. The molecule has 88 valence electrons. The van der Waals surface area contributed by atoms with Gasteiger partial charge in [-0.15, -0.1) is 0 Å². The fourth-order valence-corrected chi connectivity index (χ4v) is 1.66. The summed E-state index contributed by atoms with van der Waals surface area (Å²) in [7, 11) is 0. The third kappa shape index (κ3) is 3.38. The standard InChI is InChI=1S/C10H14N2O4/c11-10(16)7-2-1-5-12(6-7)8(13)3-4-9(14)15/h3-4,7H,1-2,5-6H2,(H2,11,16)(H,14,15)/b4-3+. The first-order valence-electron chi connectivity index (χ1n) is 5.00. The Morgan fingerprint density at radius 3 is 2.56 bits per heavy atom. The summed E-state index contributed by atoms with van der Waals surface area (Å²) in [5.41, 5.74) is 5.16. The monoisotopic (exact) mass is 226 g/mol. The van der Waals surface area contributed by atoms with Gasteiger partial charge in [-0.2, -0.15) is 0 Å². The SMILES string of the molecule is NC(=O)C1CCCN(C(=O)/C=C/C(=O)O)C1. The predicted molar refractivity (Wildman–Crippen MR) is 55.3 cm³/mol. The van der Waals surface area contributed by atoms with Crippen molar-refractivity contribution >= 4 is 17.8 Å². The molecule has 1 fully saturated rings. The maximum absolute atomic E-state index is 11.5. The summed E-state index contributed by atoms with van der Waals surface area (Å²) in [6.45, 7) is 0.810. The lowest BCUT2D eigenvalue weighted by molar-refractivity contribution is -0.133. The number of hydrogen-bond donors (Lipinski definition) is 2. The van der Waals surface area contributed by atoms with Gasteiger partial charge in [-0.3, -0.25) is 9.59 Å². The number of amides is 2. The highest BCUT2D eigenvalue weighted by Gasteiger charge is 2.25. The number of hydrogen-bond acceptors (Lipinski definition) is 3. The Hall–Kier alpha value is -1.85. The van der Waals surface area contributed by atoms with E-state index in [1.54, 1.807) is 0 Å². The van der Waals surface area contributed by atoms with Gasteiger partial charge in [-0.05, 0) is 12.8 Å². The summed E-state index contributed by atoms with van der Waals surface area (Å²) < 4.78 is 0. The molecule has 0 aromatic rings. The molecule has 0 aromatic carbocycles. The van der Waals surface area contributed by atoms with Crippen molar-refractivity contribution in [2.45, 2.75) is 12.8 Å². The number of nitrogens with two attached hydrogens (primary N) is 1. The van der Waals surface area contributed by atoms with E-state index in [1.165, 1.54) is 4.90 Å². The zero-order valence-corrected chi connectivity index (χ0v) is 8.76. The number of likely N-dealkylation sites (tertiary alicyclic amines) is 1. The van der Waals surface area contributed by atoms with E-state index in [4.69, 9.17) is 10.8 Å². The van der Waals surface area contributed by atoms with Gasteiger partial charge in [-0.1, -0.05) is 0 Å². The van der Waals surface area contributed by atoms with Crippen LogP contribution in [0.5, 0.6) is 0 Å². The quantitative estimate of drug-likeness (QED) is 0.624. The van der Waals surface area contributed by atoms with Gasteiger partial charge in [0.25, 0.3) is 0 Å². The molecule has 0 saturated carbocycles. The normalized spacial score (nSPS) is 21.0. The Labute approximate surface area is 92.7 Å². The van der Waals surface area contributed by atoms with Crippen LogP contribution in [0.25, 0.3) is 0 Å². The molecule has 2 amide bonds. The van der Waals surface area contributed by atoms with Crippen LogP contribution in [0, 0.1) is 5.92 Å². The van der Waals surface area contributed by atoms with Gasteiger partial charge < -0.3 is 15.7 Å². The van der Waals surface area contributed by atoms with E-state index >= 15 is 0 Å². The van der Waals surface area contributed by atoms with Gasteiger partial charge in [-0.25, -0.2) is 4.79 Å². The van der Waals surface area contributed by atoms with Crippen molar-refractivity contribution in [2.24, 2.45) is 11.7 Å². The van der Waals surface area contributed by atoms with Gasteiger partial charge in [0, 0.05) is 25.2 Å². The minimum Gasteiger partial charge on any atom is -0.478 e. The molecule has 6 heteroatoms. The molecule has 1 aliphatic heterocycles. The van der Waals surface area contributed by atoms with Crippen molar-refractivity contribution < 1.29 is 19.5 Å². The Bertz CT molecular complexity index is 338. The second-order valence-corrected chi connectivity index (χ2v) is 3.70. The van der Waals surface area contributed by atoms with E-state index in [0.29, 0.717) is 19.4 Å². The molecule has 6 nitrogen and oxygen atoms in total. The summed E-state index contributed by atoms with van der Waals surface area (Å²) in [4.78, 5) is 34.1. The number of carboxylic acids is 1. The number of aliphatic carboxylic acids is 1. The van der Waals surface area contributed by atoms with Crippen molar-refractivity contribution in [3.63, 3.8) is 0 Å². The van der Waals surface area contributed by atoms with Crippen molar-refractivity contribution in [2.75, 3.05) is 13.1 Å². The molecule has 0 spiro atoms. The number of nitrogens with zero attached hydrogens (tertiary/aromatic N) is 1. The van der Waals surface area contributed by atoms with Gasteiger partial charge in [0.1, 0.15) is 0 Å². The minimum absolute atomic E-state index is 0.276. The molecule has 16 heavy (non-hydrogen) atoms. The smallest absolute Gasteiger partial charge is 0.328 e. The lowest BCUT2D eigenvalue weighted by atomic mass is 9.97. The maximum Gasteiger partial charge on any atom is 0.328 e. The molecular weight excluding hydrogens is 212 g/mol. The van der Waals surface area contributed by atoms with Crippen molar-refractivity contribution in [1.82, 2.24) is 4.90 Å². The minimum atomic E-state index is -1.17. The first-order chi connectivity index (χ1) is 7.50. The third-order valence-electron chi connectivity index (χ3n) is 2.50. The van der Waals surface area contributed by atoms with Crippen LogP contribution in [-0.4, -0.2) is 40.9 Å². The number of piperidine rings is 1. The van der Waals surface area contributed by atoms with E-state index in [2.05, 4.69) is 0 Å². The average Bonchev–Trinajstić information content (AvgIpc) is 2.26. The first kappa shape index (κ1) is 12.2.